The molecule has 1 aliphatic carbocycles. The molecule has 1 aliphatic rings. The number of halogens is 3. The summed E-state index contributed by atoms with van der Waals surface area (Å²) in [5, 5.41) is 0. The van der Waals surface area contributed by atoms with Crippen LogP contribution in [0.2, 0.25) is 0 Å². The maximum atomic E-state index is 14.5. The zero-order chi connectivity index (χ0) is 17.4. The van der Waals surface area contributed by atoms with Crippen LogP contribution in [0.1, 0.15) is 57.4 Å². The Balaban J connectivity index is 1.93. The Morgan fingerprint density at radius 3 is 2.50 bits per heavy atom. The van der Waals surface area contributed by atoms with E-state index in [2.05, 4.69) is 22.9 Å². The van der Waals surface area contributed by atoms with Gasteiger partial charge in [-0.1, -0.05) is 85.3 Å². The van der Waals surface area contributed by atoms with Crippen molar-refractivity contribution in [2.45, 2.75) is 56.2 Å². The van der Waals surface area contributed by atoms with Crippen molar-refractivity contribution in [1.82, 2.24) is 0 Å². The van der Waals surface area contributed by atoms with Crippen molar-refractivity contribution in [1.29, 1.82) is 0 Å². The largest absolute Gasteiger partial charge is 0.490 e. The van der Waals surface area contributed by atoms with Crippen LogP contribution in [0.25, 0.3) is 0 Å². The minimum atomic E-state index is -0.903. The predicted molar refractivity (Wildman–Crippen MR) is 98.7 cm³/mol. The number of hydrogen-bond acceptors (Lipinski definition) is 1. The standard InChI is InChI=1S/C20H25BrF2O/c1-2-3-4-5-6-10-15-24-17-12-11-16(18(22)19(17)23)20(21)13-8-7-9-14-20/h7-9,11-13H,2-6,10,14-15H2,1H3. The van der Waals surface area contributed by atoms with Gasteiger partial charge in [0.2, 0.25) is 5.82 Å². The van der Waals surface area contributed by atoms with Gasteiger partial charge in [0.1, 0.15) is 0 Å². The molecule has 0 N–H and O–H groups in total. The summed E-state index contributed by atoms with van der Waals surface area (Å²) in [5.74, 6) is -1.75. The molecular weight excluding hydrogens is 374 g/mol. The third-order valence-corrected chi connectivity index (χ3v) is 5.29. The van der Waals surface area contributed by atoms with Crippen molar-refractivity contribution in [2.24, 2.45) is 0 Å². The van der Waals surface area contributed by atoms with Crippen molar-refractivity contribution in [2.75, 3.05) is 6.61 Å². The van der Waals surface area contributed by atoms with Gasteiger partial charge < -0.3 is 4.74 Å². The molecule has 0 heterocycles. The summed E-state index contributed by atoms with van der Waals surface area (Å²) in [7, 11) is 0. The van der Waals surface area contributed by atoms with E-state index in [0.29, 0.717) is 18.6 Å². The van der Waals surface area contributed by atoms with E-state index in [1.165, 1.54) is 31.7 Å². The summed E-state index contributed by atoms with van der Waals surface area (Å²) in [4.78, 5) is 0. The highest BCUT2D eigenvalue weighted by atomic mass is 79.9. The summed E-state index contributed by atoms with van der Waals surface area (Å²) in [6.07, 6.45) is 14.8. The van der Waals surface area contributed by atoms with E-state index in [4.69, 9.17) is 4.74 Å². The van der Waals surface area contributed by atoms with E-state index in [-0.39, 0.29) is 5.75 Å². The van der Waals surface area contributed by atoms with Crippen LogP contribution in [0, 0.1) is 11.6 Å². The van der Waals surface area contributed by atoms with Crippen LogP contribution in [0.15, 0.2) is 36.4 Å². The first-order valence-electron chi connectivity index (χ1n) is 8.73. The van der Waals surface area contributed by atoms with Crippen LogP contribution < -0.4 is 4.74 Å². The molecule has 0 radical (unpaired) electrons. The maximum absolute atomic E-state index is 14.5. The van der Waals surface area contributed by atoms with Gasteiger partial charge in [-0.2, -0.15) is 4.39 Å². The number of hydrogen-bond donors (Lipinski definition) is 0. The fraction of sp³-hybridized carbons (Fsp3) is 0.500. The molecule has 0 fully saturated rings. The molecule has 24 heavy (non-hydrogen) atoms. The third kappa shape index (κ3) is 4.92. The molecule has 1 unspecified atom stereocenters. The molecule has 0 saturated carbocycles. The van der Waals surface area contributed by atoms with Gasteiger partial charge in [0.05, 0.1) is 10.9 Å². The highest BCUT2D eigenvalue weighted by molar-refractivity contribution is 9.09. The maximum Gasteiger partial charge on any atom is 0.200 e. The number of ether oxygens (including phenoxy) is 1. The van der Waals surface area contributed by atoms with E-state index in [1.807, 2.05) is 24.3 Å². The van der Waals surface area contributed by atoms with Gasteiger partial charge in [-0.15, -0.1) is 0 Å². The average molecular weight is 399 g/mol. The predicted octanol–water partition coefficient (Wildman–Crippen LogP) is 6.81. The lowest BCUT2D eigenvalue weighted by molar-refractivity contribution is 0.284. The number of alkyl halides is 1. The summed E-state index contributed by atoms with van der Waals surface area (Å²) in [6, 6.07) is 3.13. The molecule has 1 aromatic carbocycles. The first-order chi connectivity index (χ1) is 11.6. The van der Waals surface area contributed by atoms with Gasteiger partial charge in [-0.05, 0) is 18.9 Å². The van der Waals surface area contributed by atoms with Gasteiger partial charge >= 0.3 is 0 Å². The van der Waals surface area contributed by atoms with Crippen LogP contribution >= 0.6 is 15.9 Å². The second-order valence-corrected chi connectivity index (χ2v) is 7.62. The van der Waals surface area contributed by atoms with E-state index >= 15 is 0 Å². The fourth-order valence-corrected chi connectivity index (χ4v) is 3.47. The Hall–Kier alpha value is -1.16. The Labute approximate surface area is 151 Å². The van der Waals surface area contributed by atoms with E-state index in [1.54, 1.807) is 6.07 Å². The van der Waals surface area contributed by atoms with Crippen LogP contribution in [0.4, 0.5) is 8.78 Å². The van der Waals surface area contributed by atoms with E-state index in [9.17, 15) is 8.78 Å². The third-order valence-electron chi connectivity index (χ3n) is 4.27. The minimum Gasteiger partial charge on any atom is -0.490 e. The highest BCUT2D eigenvalue weighted by Gasteiger charge is 2.31. The molecule has 2 rings (SSSR count). The smallest absolute Gasteiger partial charge is 0.200 e. The molecule has 0 aromatic heterocycles. The van der Waals surface area contributed by atoms with Crippen LogP contribution in [-0.2, 0) is 4.32 Å². The van der Waals surface area contributed by atoms with Crippen molar-refractivity contribution in [3.63, 3.8) is 0 Å². The molecule has 4 heteroatoms. The summed E-state index contributed by atoms with van der Waals surface area (Å²) >= 11 is 3.52. The van der Waals surface area contributed by atoms with Gasteiger partial charge in [0, 0.05) is 5.56 Å². The topological polar surface area (TPSA) is 9.23 Å². The molecule has 0 aliphatic heterocycles. The van der Waals surface area contributed by atoms with Gasteiger partial charge in [-0.3, -0.25) is 0 Å². The zero-order valence-electron chi connectivity index (χ0n) is 14.2. The van der Waals surface area contributed by atoms with Crippen molar-refractivity contribution in [3.05, 3.63) is 53.6 Å². The van der Waals surface area contributed by atoms with E-state index in [0.717, 1.165) is 12.8 Å². The highest BCUT2D eigenvalue weighted by Crippen LogP contribution is 2.41. The monoisotopic (exact) mass is 398 g/mol. The summed E-state index contributed by atoms with van der Waals surface area (Å²) in [6.45, 7) is 2.60. The van der Waals surface area contributed by atoms with Crippen molar-refractivity contribution in [3.8, 4) is 5.75 Å². The molecule has 1 aromatic rings. The van der Waals surface area contributed by atoms with Crippen LogP contribution in [0.5, 0.6) is 5.75 Å². The van der Waals surface area contributed by atoms with Gasteiger partial charge in [0.25, 0.3) is 0 Å². The number of unbranched alkanes of at least 4 members (excludes halogenated alkanes) is 5. The van der Waals surface area contributed by atoms with Gasteiger partial charge in [0.15, 0.2) is 11.6 Å². The Morgan fingerprint density at radius 1 is 1.04 bits per heavy atom. The molecular formula is C20H25BrF2O. The first kappa shape index (κ1) is 19.2. The van der Waals surface area contributed by atoms with Crippen molar-refractivity contribution < 1.29 is 13.5 Å². The van der Waals surface area contributed by atoms with Gasteiger partial charge in [-0.25, -0.2) is 4.39 Å². The van der Waals surface area contributed by atoms with E-state index < -0.39 is 16.0 Å². The van der Waals surface area contributed by atoms with Crippen LogP contribution in [-0.4, -0.2) is 6.61 Å². The number of allylic oxidation sites excluding steroid dienone is 4. The Kier molecular flexibility index (Phi) is 7.47. The molecule has 1 atom stereocenters. The summed E-state index contributed by atoms with van der Waals surface area (Å²) in [5.41, 5.74) is 0.299. The van der Waals surface area contributed by atoms with Crippen molar-refractivity contribution >= 4 is 15.9 Å². The lowest BCUT2D eigenvalue weighted by Crippen LogP contribution is -2.18. The summed E-state index contributed by atoms with van der Waals surface area (Å²) < 4.78 is 33.5. The molecule has 1 nitrogen and oxygen atoms in total. The molecule has 0 spiro atoms. The number of rotatable bonds is 9. The lowest BCUT2D eigenvalue weighted by Gasteiger charge is -2.26. The molecule has 0 amide bonds. The minimum absolute atomic E-state index is 0.00348. The molecule has 132 valence electrons. The normalized spacial score (nSPS) is 19.7. The zero-order valence-corrected chi connectivity index (χ0v) is 15.7. The lowest BCUT2D eigenvalue weighted by atomic mass is 9.91. The fourth-order valence-electron chi connectivity index (χ4n) is 2.82. The second kappa shape index (κ2) is 9.36. The average Bonchev–Trinajstić information content (AvgIpc) is 2.58. The Morgan fingerprint density at radius 2 is 1.79 bits per heavy atom. The quantitative estimate of drug-likeness (QED) is 0.327. The number of benzene rings is 1. The SMILES string of the molecule is CCCCCCCCOc1ccc(C2(Br)C=CC=CC2)c(F)c1F. The van der Waals surface area contributed by atoms with Crippen LogP contribution in [0.3, 0.4) is 0 Å². The first-order valence-corrected chi connectivity index (χ1v) is 9.52. The molecule has 0 bridgehead atoms. The second-order valence-electron chi connectivity index (χ2n) is 6.21. The Bertz CT molecular complexity index is 598. The molecule has 0 saturated heterocycles.